The fourth-order valence-electron chi connectivity index (χ4n) is 2.24. The van der Waals surface area contributed by atoms with Gasteiger partial charge >= 0.3 is 5.97 Å². The van der Waals surface area contributed by atoms with Gasteiger partial charge in [-0.25, -0.2) is 8.42 Å². The lowest BCUT2D eigenvalue weighted by Gasteiger charge is -2.22. The van der Waals surface area contributed by atoms with Gasteiger partial charge < -0.3 is 4.74 Å². The summed E-state index contributed by atoms with van der Waals surface area (Å²) in [5.74, 6) is -0.459. The summed E-state index contributed by atoms with van der Waals surface area (Å²) in [5, 5.41) is 0. The second-order valence-electron chi connectivity index (χ2n) is 4.48. The number of hydrogen-bond donors (Lipinski definition) is 0. The van der Waals surface area contributed by atoms with E-state index in [0.29, 0.717) is 19.4 Å². The first-order valence-corrected chi connectivity index (χ1v) is 8.92. The Hall–Kier alpha value is -0.670. The predicted molar refractivity (Wildman–Crippen MR) is 82.7 cm³/mol. The maximum atomic E-state index is 12.6. The fourth-order valence-corrected chi connectivity index (χ4v) is 4.25. The smallest absolute Gasteiger partial charge is 0.324 e. The lowest BCUT2D eigenvalue weighted by Crippen LogP contribution is -2.41. The molecule has 110 valence electrons. The third-order valence-electron chi connectivity index (χ3n) is 3.18. The van der Waals surface area contributed by atoms with Crippen molar-refractivity contribution in [3.8, 4) is 0 Å². The molecule has 7 heteroatoms. The molecule has 0 saturated carbocycles. The van der Waals surface area contributed by atoms with Crippen LogP contribution in [0.5, 0.6) is 0 Å². The summed E-state index contributed by atoms with van der Waals surface area (Å²) in [5.41, 5.74) is 0. The van der Waals surface area contributed by atoms with Crippen molar-refractivity contribution in [3.63, 3.8) is 0 Å². The Balaban J connectivity index is 2.28. The Bertz CT molecular complexity index is 585. The second-order valence-corrected chi connectivity index (χ2v) is 7.62. The number of nitrogens with zero attached hydrogens (tertiary/aromatic N) is 1. The maximum Gasteiger partial charge on any atom is 0.324 e. The fraction of sp³-hybridized carbons (Fsp3) is 0.462. The van der Waals surface area contributed by atoms with Gasteiger partial charge in [-0.05, 0) is 66.6 Å². The van der Waals surface area contributed by atoms with Crippen molar-refractivity contribution in [1.29, 1.82) is 0 Å². The number of hydrogen-bond acceptors (Lipinski definition) is 4. The Morgan fingerprint density at radius 3 is 2.65 bits per heavy atom. The van der Waals surface area contributed by atoms with E-state index in [1.165, 1.54) is 4.31 Å². The number of esters is 1. The second kappa shape index (κ2) is 6.40. The molecule has 2 rings (SSSR count). The SMILES string of the molecule is CCOC(=O)C1CCCN1S(=O)(=O)c1ccc(I)cc1. The van der Waals surface area contributed by atoms with E-state index in [-0.39, 0.29) is 11.5 Å². The molecule has 1 unspecified atom stereocenters. The molecule has 1 aromatic carbocycles. The molecule has 1 aromatic rings. The number of halogens is 1. The van der Waals surface area contributed by atoms with E-state index >= 15 is 0 Å². The van der Waals surface area contributed by atoms with Gasteiger partial charge in [-0.3, -0.25) is 4.79 Å². The molecular formula is C13H16INO4S. The van der Waals surface area contributed by atoms with Gasteiger partial charge in [0.2, 0.25) is 10.0 Å². The van der Waals surface area contributed by atoms with Gasteiger partial charge in [-0.1, -0.05) is 0 Å². The summed E-state index contributed by atoms with van der Waals surface area (Å²) in [4.78, 5) is 12.1. The molecular weight excluding hydrogens is 393 g/mol. The van der Waals surface area contributed by atoms with Crippen LogP contribution in [0.2, 0.25) is 0 Å². The van der Waals surface area contributed by atoms with Crippen molar-refractivity contribution in [2.45, 2.75) is 30.7 Å². The van der Waals surface area contributed by atoms with E-state index in [4.69, 9.17) is 4.74 Å². The molecule has 1 saturated heterocycles. The van der Waals surface area contributed by atoms with Crippen molar-refractivity contribution in [2.24, 2.45) is 0 Å². The van der Waals surface area contributed by atoms with Gasteiger partial charge in [-0.2, -0.15) is 4.31 Å². The van der Waals surface area contributed by atoms with Gasteiger partial charge in [0.1, 0.15) is 6.04 Å². The number of rotatable bonds is 4. The van der Waals surface area contributed by atoms with Crippen molar-refractivity contribution in [1.82, 2.24) is 4.31 Å². The Labute approximate surface area is 132 Å². The van der Waals surface area contributed by atoms with Crippen LogP contribution in [0.25, 0.3) is 0 Å². The summed E-state index contributed by atoms with van der Waals surface area (Å²) in [7, 11) is -3.64. The predicted octanol–water partition coefficient (Wildman–Crippen LogP) is 2.01. The number of sulfonamides is 1. The van der Waals surface area contributed by atoms with Crippen molar-refractivity contribution >= 4 is 38.6 Å². The van der Waals surface area contributed by atoms with Crippen LogP contribution >= 0.6 is 22.6 Å². The number of benzene rings is 1. The van der Waals surface area contributed by atoms with Gasteiger partial charge in [0.15, 0.2) is 0 Å². The summed E-state index contributed by atoms with van der Waals surface area (Å²) in [6.07, 6.45) is 1.19. The molecule has 1 aliphatic heterocycles. The minimum atomic E-state index is -3.64. The Kier molecular flexibility index (Phi) is 5.03. The normalized spacial score (nSPS) is 20.0. The summed E-state index contributed by atoms with van der Waals surface area (Å²) >= 11 is 2.12. The molecule has 0 aromatic heterocycles. The van der Waals surface area contributed by atoms with Gasteiger partial charge in [0.25, 0.3) is 0 Å². The van der Waals surface area contributed by atoms with E-state index in [1.807, 2.05) is 0 Å². The van der Waals surface area contributed by atoms with Gasteiger partial charge in [0, 0.05) is 10.1 Å². The monoisotopic (exact) mass is 409 g/mol. The summed E-state index contributed by atoms with van der Waals surface area (Å²) < 4.78 is 32.3. The highest BCUT2D eigenvalue weighted by atomic mass is 127. The lowest BCUT2D eigenvalue weighted by atomic mass is 10.2. The molecule has 1 fully saturated rings. The van der Waals surface area contributed by atoms with Crippen molar-refractivity contribution in [3.05, 3.63) is 27.8 Å². The molecule has 1 aliphatic rings. The van der Waals surface area contributed by atoms with E-state index in [9.17, 15) is 13.2 Å². The highest BCUT2D eigenvalue weighted by molar-refractivity contribution is 14.1. The molecule has 0 spiro atoms. The van der Waals surface area contributed by atoms with Crippen LogP contribution in [0.1, 0.15) is 19.8 Å². The molecule has 0 N–H and O–H groups in total. The molecule has 5 nitrogen and oxygen atoms in total. The van der Waals surface area contributed by atoms with E-state index in [0.717, 1.165) is 3.57 Å². The average Bonchev–Trinajstić information content (AvgIpc) is 2.89. The molecule has 1 heterocycles. The third kappa shape index (κ3) is 3.15. The largest absolute Gasteiger partial charge is 0.465 e. The quantitative estimate of drug-likeness (QED) is 0.564. The molecule has 0 aliphatic carbocycles. The van der Waals surface area contributed by atoms with Crippen LogP contribution in [-0.4, -0.2) is 37.9 Å². The van der Waals surface area contributed by atoms with Gasteiger partial charge in [-0.15, -0.1) is 0 Å². The van der Waals surface area contributed by atoms with Crippen LogP contribution in [0.15, 0.2) is 29.2 Å². The van der Waals surface area contributed by atoms with Crippen molar-refractivity contribution in [2.75, 3.05) is 13.2 Å². The van der Waals surface area contributed by atoms with E-state index in [2.05, 4.69) is 22.6 Å². The number of carbonyl (C=O) groups excluding carboxylic acids is 1. The van der Waals surface area contributed by atoms with Crippen LogP contribution in [-0.2, 0) is 19.6 Å². The first-order valence-electron chi connectivity index (χ1n) is 6.41. The summed E-state index contributed by atoms with van der Waals surface area (Å²) in [6.45, 7) is 2.33. The molecule has 0 bridgehead atoms. The average molecular weight is 409 g/mol. The molecule has 0 amide bonds. The number of carbonyl (C=O) groups is 1. The molecule has 0 radical (unpaired) electrons. The third-order valence-corrected chi connectivity index (χ3v) is 5.82. The van der Waals surface area contributed by atoms with Crippen LogP contribution in [0.3, 0.4) is 0 Å². The van der Waals surface area contributed by atoms with Crippen LogP contribution < -0.4 is 0 Å². The van der Waals surface area contributed by atoms with Gasteiger partial charge in [0.05, 0.1) is 11.5 Å². The zero-order valence-corrected chi connectivity index (χ0v) is 14.1. The topological polar surface area (TPSA) is 63.7 Å². The standard InChI is InChI=1S/C13H16INO4S/c1-2-19-13(16)12-4-3-9-15(12)20(17,18)11-7-5-10(14)6-8-11/h5-8,12H,2-4,9H2,1H3. The minimum Gasteiger partial charge on any atom is -0.465 e. The maximum absolute atomic E-state index is 12.6. The van der Waals surface area contributed by atoms with Crippen LogP contribution in [0, 0.1) is 3.57 Å². The molecule has 20 heavy (non-hydrogen) atoms. The number of ether oxygens (including phenoxy) is 1. The van der Waals surface area contributed by atoms with E-state index in [1.54, 1.807) is 31.2 Å². The zero-order valence-electron chi connectivity index (χ0n) is 11.1. The highest BCUT2D eigenvalue weighted by Gasteiger charge is 2.40. The molecule has 1 atom stereocenters. The van der Waals surface area contributed by atoms with E-state index < -0.39 is 22.0 Å². The first kappa shape index (κ1) is 15.7. The highest BCUT2D eigenvalue weighted by Crippen LogP contribution is 2.27. The Morgan fingerprint density at radius 1 is 1.40 bits per heavy atom. The Morgan fingerprint density at radius 2 is 2.05 bits per heavy atom. The lowest BCUT2D eigenvalue weighted by molar-refractivity contribution is -0.146. The summed E-state index contributed by atoms with van der Waals surface area (Å²) in [6, 6.07) is 5.92. The van der Waals surface area contributed by atoms with Crippen LogP contribution in [0.4, 0.5) is 0 Å². The first-order chi connectivity index (χ1) is 9.46. The van der Waals surface area contributed by atoms with Crippen molar-refractivity contribution < 1.29 is 17.9 Å². The minimum absolute atomic E-state index is 0.217. The zero-order chi connectivity index (χ0) is 14.8.